The average molecular weight is 439 g/mol. The lowest BCUT2D eigenvalue weighted by Crippen LogP contribution is -2.31. The quantitative estimate of drug-likeness (QED) is 0.459. The fraction of sp³-hybridized carbons (Fsp3) is 0.222. The van der Waals surface area contributed by atoms with Gasteiger partial charge in [0.15, 0.2) is 0 Å². The van der Waals surface area contributed by atoms with Gasteiger partial charge in [0.1, 0.15) is 6.04 Å². The van der Waals surface area contributed by atoms with Gasteiger partial charge in [0, 0.05) is 5.69 Å². The number of amides is 2. The molecule has 0 bridgehead atoms. The summed E-state index contributed by atoms with van der Waals surface area (Å²) in [6, 6.07) is 23.0. The zero-order valence-electron chi connectivity index (χ0n) is 18.8. The molecule has 0 radical (unpaired) electrons. The van der Waals surface area contributed by atoms with E-state index in [9.17, 15) is 9.59 Å². The number of carbonyl (C=O) groups excluding carboxylic acids is 2. The van der Waals surface area contributed by atoms with Gasteiger partial charge in [-0.2, -0.15) is 0 Å². The summed E-state index contributed by atoms with van der Waals surface area (Å²) in [5, 5.41) is 2.94. The molecule has 0 spiro atoms. The number of carbonyl (C=O) groups is 2. The van der Waals surface area contributed by atoms with E-state index in [0.29, 0.717) is 12.5 Å². The Bertz CT molecular complexity index is 1340. The molecular weight excluding hydrogens is 412 g/mol. The third-order valence-corrected chi connectivity index (χ3v) is 6.13. The van der Waals surface area contributed by atoms with Crippen LogP contribution in [0.15, 0.2) is 72.8 Å². The number of aromatic nitrogens is 2. The van der Waals surface area contributed by atoms with Gasteiger partial charge < -0.3 is 5.32 Å². The second-order valence-corrected chi connectivity index (χ2v) is 8.50. The molecule has 6 heteroatoms. The molecular formula is C27H26N4O2. The molecule has 1 N–H and O–H groups in total. The third kappa shape index (κ3) is 4.00. The van der Waals surface area contributed by atoms with Crippen molar-refractivity contribution < 1.29 is 9.59 Å². The van der Waals surface area contributed by atoms with Crippen LogP contribution in [0.4, 0.5) is 11.6 Å². The number of para-hydroxylation sites is 2. The molecule has 4 aromatic rings. The summed E-state index contributed by atoms with van der Waals surface area (Å²) in [6.07, 6.45) is 0.990. The van der Waals surface area contributed by atoms with Crippen molar-refractivity contribution in [3.63, 3.8) is 0 Å². The Labute approximate surface area is 192 Å². The Kier molecular flexibility index (Phi) is 5.42. The smallest absolute Gasteiger partial charge is 0.253 e. The first kappa shape index (κ1) is 20.9. The molecule has 0 fully saturated rings. The second-order valence-electron chi connectivity index (χ2n) is 8.50. The van der Waals surface area contributed by atoms with E-state index >= 15 is 0 Å². The van der Waals surface area contributed by atoms with Crippen molar-refractivity contribution in [3.8, 4) is 0 Å². The Morgan fingerprint density at radius 2 is 1.79 bits per heavy atom. The van der Waals surface area contributed by atoms with Gasteiger partial charge in [-0.15, -0.1) is 0 Å². The Morgan fingerprint density at radius 3 is 2.55 bits per heavy atom. The topological polar surface area (TPSA) is 67.2 Å². The maximum Gasteiger partial charge on any atom is 0.253 e. The average Bonchev–Trinajstić information content (AvgIpc) is 3.30. The zero-order valence-corrected chi connectivity index (χ0v) is 18.8. The van der Waals surface area contributed by atoms with Crippen molar-refractivity contribution in [2.24, 2.45) is 0 Å². The Hall–Kier alpha value is -3.93. The fourth-order valence-electron chi connectivity index (χ4n) is 4.45. The molecule has 33 heavy (non-hydrogen) atoms. The minimum absolute atomic E-state index is 0.0477. The number of hydrogen-bond acceptors (Lipinski definition) is 3. The molecule has 166 valence electrons. The standard InChI is InChI=1S/C27H26N4O2/c1-3-19-11-13-21(14-12-19)28-25(32)16-24-26(33)30(17-20-8-6-7-18(2)15-20)27-29-22-9-4-5-10-23(22)31(24)27/h4-15,24H,3,16-17H2,1-2H3,(H,28,32)/t24-/m1/s1. The highest BCUT2D eigenvalue weighted by Gasteiger charge is 2.40. The summed E-state index contributed by atoms with van der Waals surface area (Å²) in [5.74, 6) is 0.285. The Balaban J connectivity index is 1.44. The van der Waals surface area contributed by atoms with Crippen molar-refractivity contribution in [2.45, 2.75) is 39.3 Å². The largest absolute Gasteiger partial charge is 0.326 e. The number of hydrogen-bond donors (Lipinski definition) is 1. The summed E-state index contributed by atoms with van der Waals surface area (Å²) >= 11 is 0. The van der Waals surface area contributed by atoms with Gasteiger partial charge in [-0.05, 0) is 48.7 Å². The Morgan fingerprint density at radius 1 is 1.00 bits per heavy atom. The summed E-state index contributed by atoms with van der Waals surface area (Å²) < 4.78 is 1.91. The van der Waals surface area contributed by atoms with Crippen molar-refractivity contribution in [3.05, 3.63) is 89.5 Å². The fourth-order valence-corrected chi connectivity index (χ4v) is 4.45. The van der Waals surface area contributed by atoms with Crippen molar-refractivity contribution in [1.29, 1.82) is 0 Å². The van der Waals surface area contributed by atoms with E-state index in [2.05, 4.69) is 18.3 Å². The monoisotopic (exact) mass is 438 g/mol. The maximum absolute atomic E-state index is 13.5. The van der Waals surface area contributed by atoms with Crippen molar-refractivity contribution in [1.82, 2.24) is 9.55 Å². The van der Waals surface area contributed by atoms with Gasteiger partial charge >= 0.3 is 0 Å². The van der Waals surface area contributed by atoms with Crippen LogP contribution in [0.3, 0.4) is 0 Å². The first-order valence-electron chi connectivity index (χ1n) is 11.3. The summed E-state index contributed by atoms with van der Waals surface area (Å²) in [6.45, 7) is 4.54. The molecule has 3 aromatic carbocycles. The van der Waals surface area contributed by atoms with Crippen LogP contribution in [0, 0.1) is 6.92 Å². The first-order chi connectivity index (χ1) is 16.0. The number of imidazole rings is 1. The number of nitrogens with one attached hydrogen (secondary N) is 1. The highest BCUT2D eigenvalue weighted by Crippen LogP contribution is 2.37. The molecule has 1 atom stereocenters. The van der Waals surface area contributed by atoms with Crippen LogP contribution >= 0.6 is 0 Å². The highest BCUT2D eigenvalue weighted by atomic mass is 16.2. The predicted octanol–water partition coefficient (Wildman–Crippen LogP) is 5.02. The molecule has 5 rings (SSSR count). The van der Waals surface area contributed by atoms with E-state index in [-0.39, 0.29) is 18.2 Å². The minimum Gasteiger partial charge on any atom is -0.326 e. The zero-order chi connectivity index (χ0) is 22.9. The molecule has 6 nitrogen and oxygen atoms in total. The lowest BCUT2D eigenvalue weighted by molar-refractivity contribution is -0.124. The lowest BCUT2D eigenvalue weighted by Gasteiger charge is -2.16. The number of fused-ring (bicyclic) bond motifs is 3. The number of aryl methyl sites for hydroxylation is 2. The van der Waals surface area contributed by atoms with Gasteiger partial charge in [-0.25, -0.2) is 4.98 Å². The number of anilines is 2. The second kappa shape index (κ2) is 8.54. The maximum atomic E-state index is 13.5. The molecule has 2 heterocycles. The van der Waals surface area contributed by atoms with E-state index in [0.717, 1.165) is 34.3 Å². The SMILES string of the molecule is CCc1ccc(NC(=O)C[C@@H]2C(=O)N(Cc3cccc(C)c3)c3nc4ccccc4n32)cc1. The molecule has 0 unspecified atom stereocenters. The molecule has 0 saturated carbocycles. The number of rotatable bonds is 6. The first-order valence-corrected chi connectivity index (χ1v) is 11.3. The van der Waals surface area contributed by atoms with Crippen LogP contribution in [-0.2, 0) is 22.6 Å². The molecule has 1 aliphatic heterocycles. The van der Waals surface area contributed by atoms with Gasteiger partial charge in [0.2, 0.25) is 11.9 Å². The number of benzene rings is 3. The number of nitrogens with zero attached hydrogens (tertiary/aromatic N) is 3. The van der Waals surface area contributed by atoms with Gasteiger partial charge in [0.05, 0.1) is 24.0 Å². The van der Waals surface area contributed by atoms with E-state index in [1.54, 1.807) is 4.90 Å². The van der Waals surface area contributed by atoms with E-state index in [4.69, 9.17) is 4.98 Å². The molecule has 1 aliphatic rings. The normalized spacial score (nSPS) is 15.2. The van der Waals surface area contributed by atoms with Gasteiger partial charge in [0.25, 0.3) is 5.91 Å². The van der Waals surface area contributed by atoms with E-state index < -0.39 is 6.04 Å². The van der Waals surface area contributed by atoms with Gasteiger partial charge in [-0.1, -0.05) is 61.0 Å². The minimum atomic E-state index is -0.632. The van der Waals surface area contributed by atoms with Crippen LogP contribution in [0.5, 0.6) is 0 Å². The molecule has 0 aliphatic carbocycles. The van der Waals surface area contributed by atoms with E-state index in [1.807, 2.05) is 78.2 Å². The summed E-state index contributed by atoms with van der Waals surface area (Å²) in [4.78, 5) is 32.9. The summed E-state index contributed by atoms with van der Waals surface area (Å²) in [7, 11) is 0. The van der Waals surface area contributed by atoms with Crippen LogP contribution in [0.2, 0.25) is 0 Å². The predicted molar refractivity (Wildman–Crippen MR) is 130 cm³/mol. The van der Waals surface area contributed by atoms with Crippen LogP contribution in [0.25, 0.3) is 11.0 Å². The van der Waals surface area contributed by atoms with E-state index in [1.165, 1.54) is 5.56 Å². The summed E-state index contributed by atoms with van der Waals surface area (Å²) in [5.41, 5.74) is 5.78. The molecule has 1 aromatic heterocycles. The van der Waals surface area contributed by atoms with Gasteiger partial charge in [-0.3, -0.25) is 19.1 Å². The van der Waals surface area contributed by atoms with Crippen LogP contribution in [-0.4, -0.2) is 21.4 Å². The highest BCUT2D eigenvalue weighted by molar-refractivity contribution is 6.05. The van der Waals surface area contributed by atoms with Crippen LogP contribution < -0.4 is 10.2 Å². The van der Waals surface area contributed by atoms with Crippen molar-refractivity contribution in [2.75, 3.05) is 10.2 Å². The lowest BCUT2D eigenvalue weighted by atomic mass is 10.1. The third-order valence-electron chi connectivity index (χ3n) is 6.13. The van der Waals surface area contributed by atoms with Crippen molar-refractivity contribution >= 4 is 34.5 Å². The molecule has 2 amide bonds. The van der Waals surface area contributed by atoms with Crippen LogP contribution in [0.1, 0.15) is 36.1 Å². The molecule has 0 saturated heterocycles.